The summed E-state index contributed by atoms with van der Waals surface area (Å²) >= 11 is 4.13. The molecule has 1 aromatic rings. The Morgan fingerprint density at radius 1 is 1.12 bits per heavy atom. The number of methoxy groups -OCH3 is 1. The first kappa shape index (κ1) is 19.0. The Morgan fingerprint density at radius 3 is 1.88 bits per heavy atom. The molecule has 0 fully saturated rings. The standard InChI is InChI=1S/C7H8O.C6H15NS.ClH/c1-8-7-5-3-2-4-6-7;1-3-7(4-2)5-6-8;/h2-6H,1H3;8H,3-6H2,1-2H3;1H. The van der Waals surface area contributed by atoms with Gasteiger partial charge in [-0.25, -0.2) is 0 Å². The molecule has 0 atom stereocenters. The summed E-state index contributed by atoms with van der Waals surface area (Å²) in [7, 11) is 1.66. The molecule has 0 radical (unpaired) electrons. The Labute approximate surface area is 117 Å². The number of rotatable bonds is 5. The second-order valence-electron chi connectivity index (χ2n) is 3.27. The molecule has 0 aliphatic rings. The van der Waals surface area contributed by atoms with E-state index in [0.717, 1.165) is 31.1 Å². The third-order valence-electron chi connectivity index (χ3n) is 2.29. The summed E-state index contributed by atoms with van der Waals surface area (Å²) in [6, 6.07) is 9.68. The first-order chi connectivity index (χ1) is 7.78. The molecule has 0 bridgehead atoms. The zero-order valence-electron chi connectivity index (χ0n) is 10.9. The van der Waals surface area contributed by atoms with Gasteiger partial charge in [-0.05, 0) is 25.2 Å². The van der Waals surface area contributed by atoms with E-state index in [0.29, 0.717) is 0 Å². The van der Waals surface area contributed by atoms with Gasteiger partial charge in [-0.2, -0.15) is 12.6 Å². The molecule has 0 unspecified atom stereocenters. The molecule has 1 rings (SSSR count). The highest BCUT2D eigenvalue weighted by molar-refractivity contribution is 7.80. The van der Waals surface area contributed by atoms with Gasteiger partial charge in [0.05, 0.1) is 7.11 Å². The van der Waals surface area contributed by atoms with E-state index in [1.54, 1.807) is 7.11 Å². The lowest BCUT2D eigenvalue weighted by Gasteiger charge is -2.15. The molecule has 0 saturated carbocycles. The van der Waals surface area contributed by atoms with E-state index in [4.69, 9.17) is 4.74 Å². The fraction of sp³-hybridized carbons (Fsp3) is 0.538. The molecule has 4 heteroatoms. The summed E-state index contributed by atoms with van der Waals surface area (Å²) in [5.41, 5.74) is 0. The van der Waals surface area contributed by atoms with Crippen LogP contribution in [-0.2, 0) is 0 Å². The number of benzene rings is 1. The van der Waals surface area contributed by atoms with E-state index in [9.17, 15) is 0 Å². The van der Waals surface area contributed by atoms with Gasteiger partial charge in [-0.15, -0.1) is 12.4 Å². The van der Waals surface area contributed by atoms with Crippen molar-refractivity contribution in [3.63, 3.8) is 0 Å². The largest absolute Gasteiger partial charge is 0.497 e. The van der Waals surface area contributed by atoms with Crippen LogP contribution in [0.15, 0.2) is 30.3 Å². The third kappa shape index (κ3) is 10.5. The average molecular weight is 278 g/mol. The lowest BCUT2D eigenvalue weighted by Crippen LogP contribution is -2.24. The third-order valence-corrected chi connectivity index (χ3v) is 2.49. The Bertz CT molecular complexity index is 242. The monoisotopic (exact) mass is 277 g/mol. The maximum Gasteiger partial charge on any atom is 0.118 e. The summed E-state index contributed by atoms with van der Waals surface area (Å²) in [5.74, 6) is 1.88. The van der Waals surface area contributed by atoms with Crippen LogP contribution in [0.3, 0.4) is 0 Å². The minimum Gasteiger partial charge on any atom is -0.497 e. The molecule has 0 saturated heterocycles. The minimum atomic E-state index is 0. The average Bonchev–Trinajstić information content (AvgIpc) is 2.37. The Hall–Kier alpha value is -0.380. The molecular weight excluding hydrogens is 254 g/mol. The summed E-state index contributed by atoms with van der Waals surface area (Å²) in [6.07, 6.45) is 0. The fourth-order valence-electron chi connectivity index (χ4n) is 1.24. The summed E-state index contributed by atoms with van der Waals surface area (Å²) in [4.78, 5) is 2.35. The van der Waals surface area contributed by atoms with E-state index < -0.39 is 0 Å². The van der Waals surface area contributed by atoms with Gasteiger partial charge in [-0.3, -0.25) is 0 Å². The highest BCUT2D eigenvalue weighted by atomic mass is 35.5. The van der Waals surface area contributed by atoms with E-state index in [2.05, 4.69) is 31.4 Å². The van der Waals surface area contributed by atoms with Gasteiger partial charge in [0.2, 0.25) is 0 Å². The van der Waals surface area contributed by atoms with Gasteiger partial charge in [0.1, 0.15) is 5.75 Å². The molecule has 0 heterocycles. The topological polar surface area (TPSA) is 12.5 Å². The second kappa shape index (κ2) is 13.7. The zero-order chi connectivity index (χ0) is 12.2. The number of para-hydroxylation sites is 1. The van der Waals surface area contributed by atoms with Gasteiger partial charge in [0.25, 0.3) is 0 Å². The smallest absolute Gasteiger partial charge is 0.118 e. The van der Waals surface area contributed by atoms with Crippen LogP contribution in [0.4, 0.5) is 0 Å². The SMILES string of the molecule is CCN(CC)CCS.COc1ccccc1.Cl. The fourth-order valence-corrected chi connectivity index (χ4v) is 1.52. The predicted molar refractivity (Wildman–Crippen MR) is 81.9 cm³/mol. The van der Waals surface area contributed by atoms with Gasteiger partial charge in [-0.1, -0.05) is 32.0 Å². The first-order valence-electron chi connectivity index (χ1n) is 5.70. The van der Waals surface area contributed by atoms with Crippen LogP contribution >= 0.6 is 25.0 Å². The Kier molecular flexibility index (Phi) is 15.3. The van der Waals surface area contributed by atoms with Gasteiger partial charge >= 0.3 is 0 Å². The van der Waals surface area contributed by atoms with Crippen LogP contribution in [0.25, 0.3) is 0 Å². The van der Waals surface area contributed by atoms with Crippen LogP contribution < -0.4 is 4.74 Å². The van der Waals surface area contributed by atoms with Crippen LogP contribution in [0.5, 0.6) is 5.75 Å². The molecule has 0 spiro atoms. The van der Waals surface area contributed by atoms with E-state index in [1.807, 2.05) is 30.3 Å². The van der Waals surface area contributed by atoms with Crippen molar-refractivity contribution in [1.29, 1.82) is 0 Å². The highest BCUT2D eigenvalue weighted by Gasteiger charge is 1.93. The lowest BCUT2D eigenvalue weighted by atomic mass is 10.3. The first-order valence-corrected chi connectivity index (χ1v) is 6.33. The van der Waals surface area contributed by atoms with Crippen molar-refractivity contribution in [2.75, 3.05) is 32.5 Å². The molecule has 100 valence electrons. The number of hydrogen-bond acceptors (Lipinski definition) is 3. The van der Waals surface area contributed by atoms with Crippen molar-refractivity contribution in [3.8, 4) is 5.75 Å². The van der Waals surface area contributed by atoms with Crippen molar-refractivity contribution in [2.24, 2.45) is 0 Å². The molecule has 0 aliphatic carbocycles. The number of halogens is 1. The van der Waals surface area contributed by atoms with Gasteiger partial charge in [0.15, 0.2) is 0 Å². The van der Waals surface area contributed by atoms with Crippen LogP contribution in [0.1, 0.15) is 13.8 Å². The minimum absolute atomic E-state index is 0. The summed E-state index contributed by atoms with van der Waals surface area (Å²) < 4.78 is 4.91. The zero-order valence-corrected chi connectivity index (χ0v) is 12.6. The predicted octanol–water partition coefficient (Wildman–Crippen LogP) is 3.38. The number of thiol groups is 1. The van der Waals surface area contributed by atoms with E-state index in [-0.39, 0.29) is 12.4 Å². The number of ether oxygens (including phenoxy) is 1. The normalized spacial score (nSPS) is 9.00. The molecule has 0 N–H and O–H groups in total. The maximum atomic E-state index is 4.91. The van der Waals surface area contributed by atoms with Gasteiger partial charge < -0.3 is 9.64 Å². The lowest BCUT2D eigenvalue weighted by molar-refractivity contribution is 0.324. The second-order valence-corrected chi connectivity index (χ2v) is 3.71. The van der Waals surface area contributed by atoms with Crippen molar-refractivity contribution >= 4 is 25.0 Å². The molecule has 0 amide bonds. The molecule has 2 nitrogen and oxygen atoms in total. The van der Waals surface area contributed by atoms with Gasteiger partial charge in [0, 0.05) is 12.3 Å². The molecule has 1 aromatic carbocycles. The van der Waals surface area contributed by atoms with Crippen molar-refractivity contribution in [3.05, 3.63) is 30.3 Å². The molecule has 0 aliphatic heterocycles. The van der Waals surface area contributed by atoms with Crippen LogP contribution in [0.2, 0.25) is 0 Å². The molecule has 17 heavy (non-hydrogen) atoms. The van der Waals surface area contributed by atoms with Crippen LogP contribution in [-0.4, -0.2) is 37.4 Å². The van der Waals surface area contributed by atoms with E-state index >= 15 is 0 Å². The Morgan fingerprint density at radius 2 is 1.65 bits per heavy atom. The quantitative estimate of drug-likeness (QED) is 0.829. The summed E-state index contributed by atoms with van der Waals surface area (Å²) in [6.45, 7) is 7.77. The summed E-state index contributed by atoms with van der Waals surface area (Å²) in [5, 5.41) is 0. The van der Waals surface area contributed by atoms with Crippen molar-refractivity contribution in [1.82, 2.24) is 4.90 Å². The maximum absolute atomic E-state index is 4.91. The highest BCUT2D eigenvalue weighted by Crippen LogP contribution is 2.05. The molecular formula is C13H24ClNOS. The number of nitrogens with zero attached hydrogens (tertiary/aromatic N) is 1. The van der Waals surface area contributed by atoms with Crippen molar-refractivity contribution < 1.29 is 4.74 Å². The Balaban J connectivity index is 0. The number of hydrogen-bond donors (Lipinski definition) is 1. The van der Waals surface area contributed by atoms with E-state index in [1.165, 1.54) is 0 Å². The van der Waals surface area contributed by atoms with Crippen LogP contribution in [0, 0.1) is 0 Å². The van der Waals surface area contributed by atoms with Crippen molar-refractivity contribution in [2.45, 2.75) is 13.8 Å². The molecule has 0 aromatic heterocycles.